The van der Waals surface area contributed by atoms with Gasteiger partial charge < -0.3 is 28.4 Å². The first-order valence-corrected chi connectivity index (χ1v) is 5.73. The smallest absolute Gasteiger partial charge is 0.146 e. The van der Waals surface area contributed by atoms with Crippen LogP contribution in [0.5, 0.6) is 0 Å². The summed E-state index contributed by atoms with van der Waals surface area (Å²) in [5.74, 6) is 0. The predicted octanol–water partition coefficient (Wildman–Crippen LogP) is 0.0539. The average molecular weight is 250 g/mol. The average Bonchev–Trinajstić information content (AvgIpc) is 3.14. The lowest BCUT2D eigenvalue weighted by Crippen LogP contribution is -2.28. The van der Waals surface area contributed by atoms with Crippen LogP contribution in [0.2, 0.25) is 0 Å². The zero-order valence-electron chi connectivity index (χ0n) is 10.6. The van der Waals surface area contributed by atoms with Gasteiger partial charge in [0.15, 0.2) is 0 Å². The molecule has 102 valence electrons. The van der Waals surface area contributed by atoms with Gasteiger partial charge in [0, 0.05) is 14.2 Å². The summed E-state index contributed by atoms with van der Waals surface area (Å²) in [4.78, 5) is 0. The van der Waals surface area contributed by atoms with Gasteiger partial charge in [-0.3, -0.25) is 0 Å². The lowest BCUT2D eigenvalue weighted by molar-refractivity contribution is -0.122. The topological polar surface area (TPSA) is 58.7 Å². The predicted molar refractivity (Wildman–Crippen MR) is 60.0 cm³/mol. The van der Waals surface area contributed by atoms with Crippen molar-refractivity contribution in [1.82, 2.24) is 0 Å². The van der Waals surface area contributed by atoms with E-state index in [1.807, 2.05) is 0 Å². The fourth-order valence-corrected chi connectivity index (χ4v) is 1.16. The third-order valence-electron chi connectivity index (χ3n) is 2.17. The minimum absolute atomic E-state index is 0.120. The molecule has 0 aromatic heterocycles. The van der Waals surface area contributed by atoms with E-state index in [-0.39, 0.29) is 19.0 Å². The van der Waals surface area contributed by atoms with Crippen molar-refractivity contribution in [2.75, 3.05) is 60.7 Å². The van der Waals surface area contributed by atoms with E-state index >= 15 is 0 Å². The number of rotatable bonds is 12. The molecule has 0 bridgehead atoms. The number of hydrogen-bond donors (Lipinski definition) is 0. The second kappa shape index (κ2) is 9.76. The van der Waals surface area contributed by atoms with Crippen molar-refractivity contribution in [3.63, 3.8) is 0 Å². The Bertz CT molecular complexity index is 173. The zero-order chi connectivity index (χ0) is 12.3. The van der Waals surface area contributed by atoms with Crippen molar-refractivity contribution < 1.29 is 28.4 Å². The van der Waals surface area contributed by atoms with Crippen LogP contribution in [0.3, 0.4) is 0 Å². The molecule has 6 nitrogen and oxygen atoms in total. The first-order chi connectivity index (χ1) is 8.36. The van der Waals surface area contributed by atoms with E-state index in [0.29, 0.717) is 33.0 Å². The van der Waals surface area contributed by atoms with Crippen LogP contribution in [-0.2, 0) is 28.4 Å². The molecule has 0 aromatic rings. The molecule has 0 aliphatic carbocycles. The van der Waals surface area contributed by atoms with Crippen LogP contribution in [0, 0.1) is 0 Å². The molecule has 0 N–H and O–H groups in total. The highest BCUT2D eigenvalue weighted by Crippen LogP contribution is 2.09. The van der Waals surface area contributed by atoms with Gasteiger partial charge >= 0.3 is 0 Å². The van der Waals surface area contributed by atoms with Gasteiger partial charge in [0.25, 0.3) is 0 Å². The van der Waals surface area contributed by atoms with E-state index < -0.39 is 0 Å². The first-order valence-electron chi connectivity index (χ1n) is 5.73. The van der Waals surface area contributed by atoms with Crippen molar-refractivity contribution >= 4 is 0 Å². The maximum Gasteiger partial charge on any atom is 0.146 e. The molecule has 1 heterocycles. The summed E-state index contributed by atoms with van der Waals surface area (Å²) < 4.78 is 31.1. The largest absolute Gasteiger partial charge is 0.382 e. The van der Waals surface area contributed by atoms with Gasteiger partial charge in [0.2, 0.25) is 0 Å². The Balaban J connectivity index is 2.02. The standard InChI is InChI=1S/C11H22O6/c1-12-3-4-14-5-10(17-9-13-2)6-15-7-11-8-16-11/h10-11H,3-9H2,1-2H3. The van der Waals surface area contributed by atoms with Crippen LogP contribution >= 0.6 is 0 Å². The minimum Gasteiger partial charge on any atom is -0.382 e. The van der Waals surface area contributed by atoms with E-state index in [1.54, 1.807) is 14.2 Å². The zero-order valence-corrected chi connectivity index (χ0v) is 10.6. The summed E-state index contributed by atoms with van der Waals surface area (Å²) in [5, 5.41) is 0. The molecule has 1 aliphatic heterocycles. The molecule has 0 spiro atoms. The number of hydrogen-bond acceptors (Lipinski definition) is 6. The monoisotopic (exact) mass is 250 g/mol. The Hall–Kier alpha value is -0.240. The quantitative estimate of drug-likeness (QED) is 0.277. The van der Waals surface area contributed by atoms with E-state index in [9.17, 15) is 0 Å². The molecule has 1 rings (SSSR count). The molecule has 0 amide bonds. The molecule has 2 unspecified atom stereocenters. The summed E-state index contributed by atoms with van der Waals surface area (Å²) in [6.45, 7) is 3.73. The third kappa shape index (κ3) is 8.48. The Morgan fingerprint density at radius 2 is 1.88 bits per heavy atom. The second-order valence-corrected chi connectivity index (χ2v) is 3.76. The molecule has 0 radical (unpaired) electrons. The molecule has 1 fully saturated rings. The van der Waals surface area contributed by atoms with Crippen molar-refractivity contribution in [2.24, 2.45) is 0 Å². The molecule has 1 aliphatic rings. The second-order valence-electron chi connectivity index (χ2n) is 3.76. The molecule has 6 heteroatoms. The number of methoxy groups -OCH3 is 2. The fraction of sp³-hybridized carbons (Fsp3) is 1.00. The molecule has 17 heavy (non-hydrogen) atoms. The van der Waals surface area contributed by atoms with Crippen molar-refractivity contribution in [2.45, 2.75) is 12.2 Å². The number of epoxide rings is 1. The lowest BCUT2D eigenvalue weighted by Gasteiger charge is -2.17. The van der Waals surface area contributed by atoms with Gasteiger partial charge in [-0.2, -0.15) is 0 Å². The highest BCUT2D eigenvalue weighted by atomic mass is 16.7. The fourth-order valence-electron chi connectivity index (χ4n) is 1.16. The first kappa shape index (κ1) is 14.8. The van der Waals surface area contributed by atoms with Crippen molar-refractivity contribution in [1.29, 1.82) is 0 Å². The lowest BCUT2D eigenvalue weighted by atomic mass is 10.4. The maximum atomic E-state index is 5.46. The SMILES string of the molecule is COCCOCC(COCC1CO1)OCOC. The van der Waals surface area contributed by atoms with Crippen molar-refractivity contribution in [3.05, 3.63) is 0 Å². The molecular weight excluding hydrogens is 228 g/mol. The van der Waals surface area contributed by atoms with Crippen LogP contribution in [0.15, 0.2) is 0 Å². The molecular formula is C11H22O6. The maximum absolute atomic E-state index is 5.46. The summed E-state index contributed by atoms with van der Waals surface area (Å²) in [6, 6.07) is 0. The Morgan fingerprint density at radius 1 is 1.12 bits per heavy atom. The Labute approximate surface area is 102 Å². The van der Waals surface area contributed by atoms with Gasteiger partial charge in [-0.05, 0) is 0 Å². The van der Waals surface area contributed by atoms with Gasteiger partial charge in [-0.15, -0.1) is 0 Å². The highest BCUT2D eigenvalue weighted by molar-refractivity contribution is 4.68. The van der Waals surface area contributed by atoms with Gasteiger partial charge in [0.1, 0.15) is 19.0 Å². The Morgan fingerprint density at radius 3 is 2.53 bits per heavy atom. The van der Waals surface area contributed by atoms with Crippen LogP contribution in [0.1, 0.15) is 0 Å². The van der Waals surface area contributed by atoms with Crippen LogP contribution in [0.4, 0.5) is 0 Å². The molecule has 1 saturated heterocycles. The van der Waals surface area contributed by atoms with Gasteiger partial charge in [-0.1, -0.05) is 0 Å². The summed E-state index contributed by atoms with van der Waals surface area (Å²) >= 11 is 0. The van der Waals surface area contributed by atoms with E-state index in [2.05, 4.69) is 0 Å². The summed E-state index contributed by atoms with van der Waals surface area (Å²) in [6.07, 6.45) is 0.151. The van der Waals surface area contributed by atoms with E-state index in [0.717, 1.165) is 6.61 Å². The van der Waals surface area contributed by atoms with Crippen LogP contribution in [-0.4, -0.2) is 72.9 Å². The number of ether oxygens (including phenoxy) is 6. The van der Waals surface area contributed by atoms with Gasteiger partial charge in [0.05, 0.1) is 39.6 Å². The highest BCUT2D eigenvalue weighted by Gasteiger charge is 2.23. The van der Waals surface area contributed by atoms with Crippen molar-refractivity contribution in [3.8, 4) is 0 Å². The molecule has 0 aromatic carbocycles. The van der Waals surface area contributed by atoms with E-state index in [1.165, 1.54) is 0 Å². The van der Waals surface area contributed by atoms with Gasteiger partial charge in [-0.25, -0.2) is 0 Å². The Kier molecular flexibility index (Phi) is 8.50. The summed E-state index contributed by atoms with van der Waals surface area (Å²) in [7, 11) is 3.22. The normalized spacial score (nSPS) is 20.5. The van der Waals surface area contributed by atoms with Crippen LogP contribution < -0.4 is 0 Å². The van der Waals surface area contributed by atoms with E-state index in [4.69, 9.17) is 28.4 Å². The summed E-state index contributed by atoms with van der Waals surface area (Å²) in [5.41, 5.74) is 0. The molecule has 2 atom stereocenters. The van der Waals surface area contributed by atoms with Crippen LogP contribution in [0.25, 0.3) is 0 Å². The minimum atomic E-state index is -0.120. The molecule has 0 saturated carbocycles. The third-order valence-corrected chi connectivity index (χ3v) is 2.17.